The van der Waals surface area contributed by atoms with Crippen molar-refractivity contribution in [1.29, 1.82) is 0 Å². The average Bonchev–Trinajstić information content (AvgIpc) is 3.10. The standard InChI is InChI=1S/C24H33N5O2/c1-6-7-8-9-10-27-22(30)20-21(26(5)24(27)31)25-23-28(14-18(4)15-29(20)23)19-12-16(2)11-17(3)13-19/h11-13,18H,6-10,14-15H2,1-5H3/t18-/m1/s1. The summed E-state index contributed by atoms with van der Waals surface area (Å²) in [4.78, 5) is 33.4. The molecule has 0 saturated carbocycles. The lowest BCUT2D eigenvalue weighted by Crippen LogP contribution is -2.40. The van der Waals surface area contributed by atoms with Gasteiger partial charge in [0.05, 0.1) is 0 Å². The fraction of sp³-hybridized carbons (Fsp3) is 0.542. The van der Waals surface area contributed by atoms with Crippen LogP contribution in [0.25, 0.3) is 11.2 Å². The van der Waals surface area contributed by atoms with Gasteiger partial charge in [0, 0.05) is 32.4 Å². The summed E-state index contributed by atoms with van der Waals surface area (Å²) in [5.41, 5.74) is 3.96. The summed E-state index contributed by atoms with van der Waals surface area (Å²) < 4.78 is 4.95. The Balaban J connectivity index is 1.88. The minimum atomic E-state index is -0.282. The van der Waals surface area contributed by atoms with Gasteiger partial charge >= 0.3 is 5.69 Å². The van der Waals surface area contributed by atoms with E-state index in [9.17, 15) is 9.59 Å². The van der Waals surface area contributed by atoms with Crippen molar-refractivity contribution in [3.05, 3.63) is 50.2 Å². The van der Waals surface area contributed by atoms with E-state index in [2.05, 4.69) is 50.8 Å². The molecule has 1 aliphatic heterocycles. The topological polar surface area (TPSA) is 65.1 Å². The number of aromatic nitrogens is 4. The van der Waals surface area contributed by atoms with Gasteiger partial charge < -0.3 is 9.47 Å². The molecule has 2 aromatic heterocycles. The minimum Gasteiger partial charge on any atom is -0.312 e. The number of nitrogens with zero attached hydrogens (tertiary/aromatic N) is 5. The van der Waals surface area contributed by atoms with Crippen molar-refractivity contribution in [2.24, 2.45) is 13.0 Å². The van der Waals surface area contributed by atoms with Crippen LogP contribution in [0.4, 0.5) is 11.6 Å². The lowest BCUT2D eigenvalue weighted by molar-refractivity contribution is 0.457. The fourth-order valence-corrected chi connectivity index (χ4v) is 4.72. The smallest absolute Gasteiger partial charge is 0.312 e. The third kappa shape index (κ3) is 3.82. The number of hydrogen-bond acceptors (Lipinski definition) is 4. The Bertz CT molecular complexity index is 1210. The molecule has 0 amide bonds. The maximum Gasteiger partial charge on any atom is 0.332 e. The van der Waals surface area contributed by atoms with Crippen molar-refractivity contribution in [1.82, 2.24) is 18.7 Å². The Morgan fingerprint density at radius 1 is 1.03 bits per heavy atom. The van der Waals surface area contributed by atoms with E-state index >= 15 is 0 Å². The predicted octanol–water partition coefficient (Wildman–Crippen LogP) is 3.88. The van der Waals surface area contributed by atoms with Gasteiger partial charge in [0.25, 0.3) is 5.56 Å². The van der Waals surface area contributed by atoms with Crippen molar-refractivity contribution >= 4 is 22.8 Å². The Labute approximate surface area is 182 Å². The summed E-state index contributed by atoms with van der Waals surface area (Å²) in [6.07, 6.45) is 4.09. The van der Waals surface area contributed by atoms with Crippen LogP contribution in [0.3, 0.4) is 0 Å². The van der Waals surface area contributed by atoms with Crippen LogP contribution in [-0.2, 0) is 20.1 Å². The summed E-state index contributed by atoms with van der Waals surface area (Å²) in [5.74, 6) is 1.09. The van der Waals surface area contributed by atoms with E-state index in [-0.39, 0.29) is 11.2 Å². The molecule has 0 radical (unpaired) electrons. The molecular formula is C24H33N5O2. The molecule has 0 spiro atoms. The first-order valence-electron chi connectivity index (χ1n) is 11.4. The summed E-state index contributed by atoms with van der Waals surface area (Å²) in [6, 6.07) is 6.46. The number of imidazole rings is 1. The molecule has 0 aliphatic carbocycles. The number of hydrogen-bond donors (Lipinski definition) is 0. The fourth-order valence-electron chi connectivity index (χ4n) is 4.72. The number of benzene rings is 1. The van der Waals surface area contributed by atoms with Crippen LogP contribution < -0.4 is 16.1 Å². The molecule has 1 aromatic carbocycles. The van der Waals surface area contributed by atoms with Gasteiger partial charge in [0.1, 0.15) is 0 Å². The maximum atomic E-state index is 13.4. The average molecular weight is 424 g/mol. The predicted molar refractivity (Wildman–Crippen MR) is 125 cm³/mol. The van der Waals surface area contributed by atoms with Gasteiger partial charge in [-0.3, -0.25) is 13.9 Å². The molecule has 1 atom stereocenters. The monoisotopic (exact) mass is 423 g/mol. The van der Waals surface area contributed by atoms with Crippen molar-refractivity contribution in [3.63, 3.8) is 0 Å². The van der Waals surface area contributed by atoms with E-state index in [4.69, 9.17) is 4.98 Å². The van der Waals surface area contributed by atoms with Gasteiger partial charge in [-0.1, -0.05) is 39.2 Å². The van der Waals surface area contributed by atoms with Crippen LogP contribution in [0.15, 0.2) is 27.8 Å². The van der Waals surface area contributed by atoms with Crippen LogP contribution in [0, 0.1) is 19.8 Å². The number of rotatable bonds is 6. The summed E-state index contributed by atoms with van der Waals surface area (Å²) in [6.45, 7) is 10.5. The van der Waals surface area contributed by atoms with E-state index in [1.807, 2.05) is 4.57 Å². The van der Waals surface area contributed by atoms with E-state index < -0.39 is 0 Å². The molecule has 31 heavy (non-hydrogen) atoms. The van der Waals surface area contributed by atoms with Crippen molar-refractivity contribution in [2.45, 2.75) is 66.5 Å². The zero-order valence-electron chi connectivity index (χ0n) is 19.3. The molecule has 7 nitrogen and oxygen atoms in total. The van der Waals surface area contributed by atoms with Crippen LogP contribution in [0.1, 0.15) is 50.7 Å². The van der Waals surface area contributed by atoms with Crippen LogP contribution in [0.2, 0.25) is 0 Å². The molecule has 0 N–H and O–H groups in total. The highest BCUT2D eigenvalue weighted by atomic mass is 16.2. The molecule has 3 heterocycles. The highest BCUT2D eigenvalue weighted by Crippen LogP contribution is 2.33. The Morgan fingerprint density at radius 3 is 2.42 bits per heavy atom. The quantitative estimate of drug-likeness (QED) is 0.565. The lowest BCUT2D eigenvalue weighted by atomic mass is 10.1. The van der Waals surface area contributed by atoms with Crippen LogP contribution in [0.5, 0.6) is 0 Å². The van der Waals surface area contributed by atoms with E-state index in [0.29, 0.717) is 23.6 Å². The van der Waals surface area contributed by atoms with E-state index in [1.165, 1.54) is 20.3 Å². The molecule has 0 fully saturated rings. The van der Waals surface area contributed by atoms with Crippen LogP contribution in [-0.4, -0.2) is 25.2 Å². The van der Waals surface area contributed by atoms with Gasteiger partial charge in [-0.15, -0.1) is 0 Å². The molecule has 4 rings (SSSR count). The highest BCUT2D eigenvalue weighted by molar-refractivity contribution is 5.77. The number of anilines is 2. The lowest BCUT2D eigenvalue weighted by Gasteiger charge is -2.33. The third-order valence-electron chi connectivity index (χ3n) is 6.20. The largest absolute Gasteiger partial charge is 0.332 e. The molecular weight excluding hydrogens is 390 g/mol. The van der Waals surface area contributed by atoms with E-state index in [1.54, 1.807) is 7.05 Å². The Hall–Kier alpha value is -2.83. The SMILES string of the molecule is CCCCCCn1c(=O)c2c(nc3n2C[C@H](C)CN3c2cc(C)cc(C)c2)n(C)c1=O. The zero-order chi connectivity index (χ0) is 22.3. The third-order valence-corrected chi connectivity index (χ3v) is 6.20. The van der Waals surface area contributed by atoms with E-state index in [0.717, 1.165) is 50.4 Å². The zero-order valence-corrected chi connectivity index (χ0v) is 19.3. The number of aryl methyl sites for hydroxylation is 3. The summed E-state index contributed by atoms with van der Waals surface area (Å²) >= 11 is 0. The summed E-state index contributed by atoms with van der Waals surface area (Å²) in [7, 11) is 1.72. The molecule has 3 aromatic rings. The minimum absolute atomic E-state index is 0.220. The molecule has 7 heteroatoms. The van der Waals surface area contributed by atoms with Gasteiger partial charge in [0.15, 0.2) is 11.2 Å². The normalized spacial score (nSPS) is 16.2. The second kappa shape index (κ2) is 8.36. The Morgan fingerprint density at radius 2 is 1.74 bits per heavy atom. The van der Waals surface area contributed by atoms with Gasteiger partial charge in [-0.2, -0.15) is 4.98 Å². The molecule has 0 unspecified atom stereocenters. The molecule has 0 saturated heterocycles. The first-order chi connectivity index (χ1) is 14.8. The number of unbranched alkanes of at least 4 members (excludes halogenated alkanes) is 3. The van der Waals surface area contributed by atoms with Crippen molar-refractivity contribution in [2.75, 3.05) is 11.4 Å². The second-order valence-electron chi connectivity index (χ2n) is 9.12. The van der Waals surface area contributed by atoms with Gasteiger partial charge in [-0.05, 0) is 49.4 Å². The van der Waals surface area contributed by atoms with Gasteiger partial charge in [0.2, 0.25) is 5.95 Å². The maximum absolute atomic E-state index is 13.4. The van der Waals surface area contributed by atoms with Crippen molar-refractivity contribution < 1.29 is 0 Å². The second-order valence-corrected chi connectivity index (χ2v) is 9.12. The molecule has 1 aliphatic rings. The Kier molecular flexibility index (Phi) is 5.77. The first kappa shape index (κ1) is 21.4. The summed E-state index contributed by atoms with van der Waals surface area (Å²) in [5, 5.41) is 0. The number of fused-ring (bicyclic) bond motifs is 3. The molecule has 0 bridgehead atoms. The van der Waals surface area contributed by atoms with Gasteiger partial charge in [-0.25, -0.2) is 4.79 Å². The highest BCUT2D eigenvalue weighted by Gasteiger charge is 2.30. The first-order valence-corrected chi connectivity index (χ1v) is 11.4. The van der Waals surface area contributed by atoms with Crippen LogP contribution >= 0.6 is 0 Å². The molecule has 166 valence electrons. The van der Waals surface area contributed by atoms with Crippen molar-refractivity contribution in [3.8, 4) is 0 Å².